The maximum absolute atomic E-state index is 13.2. The number of nitrogens with zero attached hydrogens (tertiary/aromatic N) is 5. The second-order valence-corrected chi connectivity index (χ2v) is 13.2. The van der Waals surface area contributed by atoms with Crippen LogP contribution in [0.2, 0.25) is 15.1 Å². The first-order valence-corrected chi connectivity index (χ1v) is 17.1. The standard InChI is InChI=1S/C35H34Cl3N7O6/c1-43-29(15-39-11-12-46)42-45-16-19(13-28(45)34(43)48)21-5-3-6-22(31(21)37)23-7-4-8-24(32(23)38)27-14-26(36)25(33(41-27)51-2)18-44(35(49)50)17-20-9-10-30(47)40-20/h3-8,13-14,16,20,39,46H,9-12,15,17-18H2,1-2H3,(H,40,47)(H,49,50). The van der Waals surface area contributed by atoms with Gasteiger partial charge in [0.1, 0.15) is 11.3 Å². The van der Waals surface area contributed by atoms with Crippen molar-refractivity contribution in [1.82, 2.24) is 34.7 Å². The summed E-state index contributed by atoms with van der Waals surface area (Å²) < 4.78 is 8.57. The van der Waals surface area contributed by atoms with E-state index in [4.69, 9.17) is 44.6 Å². The molecule has 1 aliphatic heterocycles. The number of hydrogen-bond donors (Lipinski definition) is 4. The third-order valence-electron chi connectivity index (χ3n) is 8.75. The Morgan fingerprint density at radius 1 is 1.08 bits per heavy atom. The molecule has 1 unspecified atom stereocenters. The van der Waals surface area contributed by atoms with Crippen molar-refractivity contribution in [1.29, 1.82) is 0 Å². The van der Waals surface area contributed by atoms with Gasteiger partial charge in [-0.2, -0.15) is 5.10 Å². The van der Waals surface area contributed by atoms with Gasteiger partial charge < -0.3 is 30.5 Å². The number of nitrogens with one attached hydrogen (secondary N) is 2. The van der Waals surface area contributed by atoms with Crippen LogP contribution >= 0.6 is 34.8 Å². The Morgan fingerprint density at radius 2 is 1.76 bits per heavy atom. The second-order valence-electron chi connectivity index (χ2n) is 12.0. The number of hydrogen-bond acceptors (Lipinski definition) is 8. The first-order valence-electron chi connectivity index (χ1n) is 16.0. The van der Waals surface area contributed by atoms with Gasteiger partial charge in [0.05, 0.1) is 53.1 Å². The molecule has 1 aliphatic rings. The summed E-state index contributed by atoms with van der Waals surface area (Å²) >= 11 is 20.9. The minimum absolute atomic E-state index is 0.0338. The molecule has 16 heteroatoms. The molecule has 0 bridgehead atoms. The van der Waals surface area contributed by atoms with E-state index in [9.17, 15) is 19.5 Å². The van der Waals surface area contributed by atoms with Gasteiger partial charge in [-0.25, -0.2) is 14.3 Å². The average molecular weight is 755 g/mol. The van der Waals surface area contributed by atoms with E-state index >= 15 is 0 Å². The number of fused-ring (bicyclic) bond motifs is 1. The molecule has 2 amide bonds. The van der Waals surface area contributed by atoms with E-state index in [1.165, 1.54) is 21.1 Å². The summed E-state index contributed by atoms with van der Waals surface area (Å²) in [7, 11) is 3.07. The van der Waals surface area contributed by atoms with Crippen molar-refractivity contribution in [3.63, 3.8) is 0 Å². The van der Waals surface area contributed by atoms with E-state index in [2.05, 4.69) is 20.7 Å². The van der Waals surface area contributed by atoms with E-state index in [1.54, 1.807) is 31.4 Å². The van der Waals surface area contributed by atoms with Crippen molar-refractivity contribution in [3.05, 3.63) is 91.5 Å². The molecule has 3 aromatic heterocycles. The fourth-order valence-corrected chi connectivity index (χ4v) is 7.01. The number of carbonyl (C=O) groups is 2. The van der Waals surface area contributed by atoms with Crippen LogP contribution in [0.1, 0.15) is 24.2 Å². The molecule has 5 aromatic rings. The molecule has 4 heterocycles. The quantitative estimate of drug-likeness (QED) is 0.125. The van der Waals surface area contributed by atoms with Crippen LogP contribution in [-0.2, 0) is 24.9 Å². The molecule has 0 aliphatic carbocycles. The number of rotatable bonds is 12. The third-order valence-corrected chi connectivity index (χ3v) is 9.90. The van der Waals surface area contributed by atoms with E-state index in [0.29, 0.717) is 86.4 Å². The zero-order chi connectivity index (χ0) is 36.4. The van der Waals surface area contributed by atoms with Crippen molar-refractivity contribution in [3.8, 4) is 39.4 Å². The van der Waals surface area contributed by atoms with E-state index in [1.807, 2.05) is 30.3 Å². The van der Waals surface area contributed by atoms with Gasteiger partial charge in [-0.15, -0.1) is 0 Å². The molecule has 0 radical (unpaired) electrons. The molecule has 6 rings (SSSR count). The molecule has 1 fully saturated rings. The lowest BCUT2D eigenvalue weighted by Crippen LogP contribution is -2.41. The lowest BCUT2D eigenvalue weighted by molar-refractivity contribution is -0.119. The molecule has 4 N–H and O–H groups in total. The summed E-state index contributed by atoms with van der Waals surface area (Å²) in [5, 5.41) is 30.4. The lowest BCUT2D eigenvalue weighted by Gasteiger charge is -2.24. The lowest BCUT2D eigenvalue weighted by atomic mass is 9.97. The Morgan fingerprint density at radius 3 is 2.41 bits per heavy atom. The van der Waals surface area contributed by atoms with Crippen molar-refractivity contribution in [2.45, 2.75) is 32.0 Å². The molecule has 1 saturated heterocycles. The molecule has 1 atom stereocenters. The minimum Gasteiger partial charge on any atom is -0.481 e. The summed E-state index contributed by atoms with van der Waals surface area (Å²) in [6.07, 6.45) is 1.46. The Kier molecular flexibility index (Phi) is 10.8. The zero-order valence-corrected chi connectivity index (χ0v) is 29.9. The maximum Gasteiger partial charge on any atom is 0.407 e. The van der Waals surface area contributed by atoms with Gasteiger partial charge in [0.2, 0.25) is 11.8 Å². The zero-order valence-electron chi connectivity index (χ0n) is 27.6. The predicted octanol–water partition coefficient (Wildman–Crippen LogP) is 5.24. The van der Waals surface area contributed by atoms with E-state index in [-0.39, 0.29) is 48.1 Å². The van der Waals surface area contributed by atoms with Gasteiger partial charge in [0.25, 0.3) is 5.56 Å². The molecule has 51 heavy (non-hydrogen) atoms. The highest BCUT2D eigenvalue weighted by molar-refractivity contribution is 6.39. The summed E-state index contributed by atoms with van der Waals surface area (Å²) in [5.41, 5.74) is 4.04. The summed E-state index contributed by atoms with van der Waals surface area (Å²) in [6, 6.07) is 14.0. The number of methoxy groups -OCH3 is 1. The topological polar surface area (TPSA) is 163 Å². The Balaban J connectivity index is 1.33. The summed E-state index contributed by atoms with van der Waals surface area (Å²) in [6.45, 7) is 0.623. The Labute approximate surface area is 307 Å². The van der Waals surface area contributed by atoms with Crippen LogP contribution in [0, 0.1) is 0 Å². The highest BCUT2D eigenvalue weighted by Gasteiger charge is 2.27. The van der Waals surface area contributed by atoms with Crippen LogP contribution in [0.15, 0.2) is 59.5 Å². The predicted molar refractivity (Wildman–Crippen MR) is 195 cm³/mol. The molecule has 266 valence electrons. The molecule has 13 nitrogen and oxygen atoms in total. The minimum atomic E-state index is -1.17. The highest BCUT2D eigenvalue weighted by Crippen LogP contribution is 2.43. The summed E-state index contributed by atoms with van der Waals surface area (Å²) in [5.74, 6) is 0.525. The summed E-state index contributed by atoms with van der Waals surface area (Å²) in [4.78, 5) is 42.8. The first-order chi connectivity index (χ1) is 24.5. The van der Waals surface area contributed by atoms with Gasteiger partial charge in [-0.3, -0.25) is 14.2 Å². The number of ether oxygens (including phenoxy) is 1. The smallest absolute Gasteiger partial charge is 0.407 e. The third kappa shape index (κ3) is 7.39. The highest BCUT2D eigenvalue weighted by atomic mass is 35.5. The number of carbonyl (C=O) groups excluding carboxylic acids is 1. The molecule has 0 saturated carbocycles. The largest absolute Gasteiger partial charge is 0.481 e. The van der Waals surface area contributed by atoms with Gasteiger partial charge in [0, 0.05) is 66.6 Å². The Bertz CT molecular complexity index is 2210. The van der Waals surface area contributed by atoms with Crippen molar-refractivity contribution < 1.29 is 24.5 Å². The molecular formula is C35H34Cl3N7O6. The number of aliphatic hydroxyl groups excluding tert-OH is 1. The van der Waals surface area contributed by atoms with Crippen molar-refractivity contribution in [2.75, 3.05) is 26.8 Å². The average Bonchev–Trinajstić information content (AvgIpc) is 3.73. The van der Waals surface area contributed by atoms with Gasteiger partial charge in [-0.1, -0.05) is 71.2 Å². The van der Waals surface area contributed by atoms with Crippen LogP contribution < -0.4 is 20.9 Å². The number of amides is 2. The van der Waals surface area contributed by atoms with E-state index < -0.39 is 6.09 Å². The molecule has 2 aromatic carbocycles. The van der Waals surface area contributed by atoms with Crippen LogP contribution in [0.25, 0.3) is 39.0 Å². The fraction of sp³-hybridized carbons (Fsp3) is 0.286. The number of aromatic nitrogens is 4. The number of pyridine rings is 1. The normalized spacial score (nSPS) is 14.2. The molecule has 0 spiro atoms. The van der Waals surface area contributed by atoms with E-state index in [0.717, 1.165) is 0 Å². The number of carboxylic acid groups (broad SMARTS) is 1. The van der Waals surface area contributed by atoms with Gasteiger partial charge in [-0.05, 0) is 18.6 Å². The first kappa shape index (κ1) is 36.1. The van der Waals surface area contributed by atoms with Gasteiger partial charge >= 0.3 is 6.09 Å². The number of benzene rings is 2. The Hall–Kier alpha value is -4.66. The molecular weight excluding hydrogens is 721 g/mol. The number of aliphatic hydroxyl groups is 1. The van der Waals surface area contributed by atoms with Crippen molar-refractivity contribution >= 4 is 52.3 Å². The maximum atomic E-state index is 13.2. The number of halogens is 3. The SMILES string of the molecule is COc1nc(-c2cccc(-c3cccc(-c4cc5c(=O)n(C)c(CNCCO)nn5c4)c3Cl)c2Cl)cc(Cl)c1CN(CC1CCC(=O)N1)C(=O)O. The fourth-order valence-electron chi connectivity index (χ4n) is 6.11. The monoisotopic (exact) mass is 753 g/mol. The van der Waals surface area contributed by atoms with Crippen LogP contribution in [0.3, 0.4) is 0 Å². The van der Waals surface area contributed by atoms with Crippen LogP contribution in [-0.4, -0.2) is 79.1 Å². The van der Waals surface area contributed by atoms with Crippen molar-refractivity contribution in [2.24, 2.45) is 7.05 Å². The van der Waals surface area contributed by atoms with Crippen LogP contribution in [0.5, 0.6) is 5.88 Å². The second kappa shape index (κ2) is 15.3. The van der Waals surface area contributed by atoms with Gasteiger partial charge in [0.15, 0.2) is 0 Å². The van der Waals surface area contributed by atoms with Crippen LogP contribution in [0.4, 0.5) is 4.79 Å².